The van der Waals surface area contributed by atoms with E-state index in [2.05, 4.69) is 49.2 Å². The molecule has 0 radical (unpaired) electrons. The molecule has 19 heavy (non-hydrogen) atoms. The average molecular weight is 260 g/mol. The fraction of sp³-hybridized carbons (Fsp3) is 0.600. The summed E-state index contributed by atoms with van der Waals surface area (Å²) in [4.78, 5) is 4.42. The van der Waals surface area contributed by atoms with Crippen molar-refractivity contribution < 1.29 is 0 Å². The van der Waals surface area contributed by atoms with Crippen molar-refractivity contribution in [1.82, 2.24) is 14.6 Å². The van der Waals surface area contributed by atoms with Gasteiger partial charge < -0.3 is 5.32 Å². The van der Waals surface area contributed by atoms with Gasteiger partial charge in [0.25, 0.3) is 0 Å². The minimum absolute atomic E-state index is 0.439. The lowest BCUT2D eigenvalue weighted by Gasteiger charge is -2.07. The molecule has 0 bridgehead atoms. The molecule has 1 N–H and O–H groups in total. The Labute approximate surface area is 115 Å². The van der Waals surface area contributed by atoms with Gasteiger partial charge in [-0.1, -0.05) is 27.7 Å². The smallest absolute Gasteiger partial charge is 0.152 e. The number of hydrogen-bond donors (Lipinski definition) is 1. The molecule has 0 aliphatic rings. The summed E-state index contributed by atoms with van der Waals surface area (Å²) in [6.07, 6.45) is 6.12. The van der Waals surface area contributed by atoms with Gasteiger partial charge in [0, 0.05) is 18.9 Å². The molecular weight excluding hydrogens is 236 g/mol. The van der Waals surface area contributed by atoms with Crippen molar-refractivity contribution in [1.29, 1.82) is 0 Å². The fourth-order valence-electron chi connectivity index (χ4n) is 2.08. The summed E-state index contributed by atoms with van der Waals surface area (Å²) in [5, 5.41) is 7.99. The molecule has 2 rings (SSSR count). The molecule has 0 spiro atoms. The number of aromatic nitrogens is 3. The van der Waals surface area contributed by atoms with E-state index in [0.717, 1.165) is 29.5 Å². The van der Waals surface area contributed by atoms with Crippen LogP contribution in [0.1, 0.15) is 52.1 Å². The molecule has 104 valence electrons. The zero-order valence-corrected chi connectivity index (χ0v) is 12.3. The first kappa shape index (κ1) is 13.8. The Hall–Kier alpha value is -1.58. The molecule has 0 aliphatic heterocycles. The van der Waals surface area contributed by atoms with Crippen molar-refractivity contribution in [2.45, 2.75) is 46.5 Å². The minimum Gasteiger partial charge on any atom is -0.368 e. The van der Waals surface area contributed by atoms with Crippen LogP contribution in [-0.4, -0.2) is 21.1 Å². The van der Waals surface area contributed by atoms with E-state index < -0.39 is 0 Å². The first-order valence-corrected chi connectivity index (χ1v) is 7.16. The third-order valence-corrected chi connectivity index (χ3v) is 3.25. The van der Waals surface area contributed by atoms with Crippen LogP contribution in [0.4, 0.5) is 5.82 Å². The molecule has 4 heteroatoms. The van der Waals surface area contributed by atoms with Gasteiger partial charge in [0.05, 0.1) is 5.69 Å². The molecule has 2 heterocycles. The second-order valence-electron chi connectivity index (χ2n) is 5.79. The van der Waals surface area contributed by atoms with Crippen LogP contribution in [0.15, 0.2) is 18.5 Å². The Kier molecular flexibility index (Phi) is 4.40. The first-order chi connectivity index (χ1) is 9.08. The van der Waals surface area contributed by atoms with E-state index in [1.165, 1.54) is 12.8 Å². The normalized spacial score (nSPS) is 11.7. The highest BCUT2D eigenvalue weighted by Crippen LogP contribution is 2.19. The van der Waals surface area contributed by atoms with Gasteiger partial charge >= 0.3 is 0 Å². The monoisotopic (exact) mass is 260 g/mol. The maximum atomic E-state index is 4.57. The third kappa shape index (κ3) is 3.46. The highest BCUT2D eigenvalue weighted by molar-refractivity contribution is 5.67. The summed E-state index contributed by atoms with van der Waals surface area (Å²) in [6, 6.07) is 2.13. The average Bonchev–Trinajstić information content (AvgIpc) is 2.79. The number of nitrogens with one attached hydrogen (secondary N) is 1. The maximum Gasteiger partial charge on any atom is 0.152 e. The quantitative estimate of drug-likeness (QED) is 0.805. The van der Waals surface area contributed by atoms with Gasteiger partial charge in [-0.3, -0.25) is 0 Å². The largest absolute Gasteiger partial charge is 0.368 e. The summed E-state index contributed by atoms with van der Waals surface area (Å²) in [6.45, 7) is 9.79. The summed E-state index contributed by atoms with van der Waals surface area (Å²) in [5.74, 6) is 2.13. The molecule has 2 aromatic rings. The predicted octanol–water partition coefficient (Wildman–Crippen LogP) is 3.70. The lowest BCUT2D eigenvalue weighted by molar-refractivity contribution is 0.567. The first-order valence-electron chi connectivity index (χ1n) is 7.16. The highest BCUT2D eigenvalue weighted by atomic mass is 15.2. The van der Waals surface area contributed by atoms with Crippen LogP contribution in [0.3, 0.4) is 0 Å². The third-order valence-electron chi connectivity index (χ3n) is 3.25. The van der Waals surface area contributed by atoms with E-state index in [-0.39, 0.29) is 0 Å². The van der Waals surface area contributed by atoms with Crippen LogP contribution in [-0.2, 0) is 0 Å². The molecular formula is C15H24N4. The van der Waals surface area contributed by atoms with E-state index in [4.69, 9.17) is 0 Å². The number of fused-ring (bicyclic) bond motifs is 1. The maximum absolute atomic E-state index is 4.57. The lowest BCUT2D eigenvalue weighted by atomic mass is 10.1. The fourth-order valence-corrected chi connectivity index (χ4v) is 2.08. The minimum atomic E-state index is 0.439. The van der Waals surface area contributed by atoms with Crippen LogP contribution in [0, 0.1) is 5.92 Å². The number of nitrogens with zero attached hydrogens (tertiary/aromatic N) is 3. The van der Waals surface area contributed by atoms with Gasteiger partial charge in [0.15, 0.2) is 5.82 Å². The molecule has 0 atom stereocenters. The summed E-state index contributed by atoms with van der Waals surface area (Å²) in [5.41, 5.74) is 2.17. The van der Waals surface area contributed by atoms with Crippen LogP contribution in [0.5, 0.6) is 0 Å². The second-order valence-corrected chi connectivity index (χ2v) is 5.79. The SMILES string of the molecule is CC(C)CCCNc1nccn2nc(C(C)C)cc12. The summed E-state index contributed by atoms with van der Waals surface area (Å²) in [7, 11) is 0. The molecule has 2 aromatic heterocycles. The number of hydrogen-bond acceptors (Lipinski definition) is 3. The molecule has 0 saturated carbocycles. The van der Waals surface area contributed by atoms with Crippen molar-refractivity contribution in [3.63, 3.8) is 0 Å². The van der Waals surface area contributed by atoms with Crippen LogP contribution < -0.4 is 5.32 Å². The highest BCUT2D eigenvalue weighted by Gasteiger charge is 2.09. The molecule has 0 fully saturated rings. The zero-order chi connectivity index (χ0) is 13.8. The van der Waals surface area contributed by atoms with Crippen LogP contribution in [0.2, 0.25) is 0 Å². The Morgan fingerprint density at radius 1 is 1.26 bits per heavy atom. The predicted molar refractivity (Wildman–Crippen MR) is 79.6 cm³/mol. The number of rotatable bonds is 6. The van der Waals surface area contributed by atoms with Crippen molar-refractivity contribution in [3.8, 4) is 0 Å². The van der Waals surface area contributed by atoms with Gasteiger partial charge in [-0.05, 0) is 30.7 Å². The molecule has 0 aliphatic carbocycles. The van der Waals surface area contributed by atoms with Crippen molar-refractivity contribution in [2.75, 3.05) is 11.9 Å². The summed E-state index contributed by atoms with van der Waals surface area (Å²) < 4.78 is 1.91. The van der Waals surface area contributed by atoms with E-state index in [0.29, 0.717) is 5.92 Å². The molecule has 0 aromatic carbocycles. The van der Waals surface area contributed by atoms with Crippen molar-refractivity contribution in [2.24, 2.45) is 5.92 Å². The van der Waals surface area contributed by atoms with Gasteiger partial charge in [-0.15, -0.1) is 0 Å². The van der Waals surface area contributed by atoms with E-state index >= 15 is 0 Å². The van der Waals surface area contributed by atoms with Gasteiger partial charge in [-0.25, -0.2) is 9.50 Å². The molecule has 0 unspecified atom stereocenters. The summed E-state index contributed by atoms with van der Waals surface area (Å²) >= 11 is 0. The topological polar surface area (TPSA) is 42.2 Å². The van der Waals surface area contributed by atoms with Crippen molar-refractivity contribution >= 4 is 11.3 Å². The second kappa shape index (κ2) is 6.04. The van der Waals surface area contributed by atoms with E-state index in [1.807, 2.05) is 10.7 Å². The standard InChI is InChI=1S/C15H24N4/c1-11(2)6-5-7-16-15-14-10-13(12(3)4)18-19(14)9-8-17-15/h8-12H,5-7H2,1-4H3,(H,16,17). The van der Waals surface area contributed by atoms with Gasteiger partial charge in [0.2, 0.25) is 0 Å². The van der Waals surface area contributed by atoms with Crippen molar-refractivity contribution in [3.05, 3.63) is 24.2 Å². The Balaban J connectivity index is 2.10. The van der Waals surface area contributed by atoms with E-state index in [9.17, 15) is 0 Å². The van der Waals surface area contributed by atoms with E-state index in [1.54, 1.807) is 6.20 Å². The van der Waals surface area contributed by atoms with Gasteiger partial charge in [0.1, 0.15) is 5.52 Å². The van der Waals surface area contributed by atoms with Crippen LogP contribution in [0.25, 0.3) is 5.52 Å². The number of anilines is 1. The lowest BCUT2D eigenvalue weighted by Crippen LogP contribution is -2.06. The Morgan fingerprint density at radius 3 is 2.74 bits per heavy atom. The van der Waals surface area contributed by atoms with Gasteiger partial charge in [-0.2, -0.15) is 5.10 Å². The Bertz CT molecular complexity index is 528. The molecule has 4 nitrogen and oxygen atoms in total. The zero-order valence-electron chi connectivity index (χ0n) is 12.3. The molecule has 0 amide bonds. The Morgan fingerprint density at radius 2 is 2.05 bits per heavy atom. The van der Waals surface area contributed by atoms with Crippen LogP contribution >= 0.6 is 0 Å². The molecule has 0 saturated heterocycles.